The highest BCUT2D eigenvalue weighted by atomic mass is 32.2. The summed E-state index contributed by atoms with van der Waals surface area (Å²) in [6.07, 6.45) is 0.400. The van der Waals surface area contributed by atoms with Crippen molar-refractivity contribution in [1.82, 2.24) is 4.72 Å². The number of carbonyl (C=O) groups excluding carboxylic acids is 1. The molecule has 0 bridgehead atoms. The minimum absolute atomic E-state index is 0.0698. The summed E-state index contributed by atoms with van der Waals surface area (Å²) in [5.74, 6) is 0.0981. The van der Waals surface area contributed by atoms with Gasteiger partial charge in [0.05, 0.1) is 4.90 Å². The van der Waals surface area contributed by atoms with Crippen molar-refractivity contribution in [3.05, 3.63) is 29.8 Å². The molecule has 1 rings (SSSR count). The molecular weight excluding hydrogens is 222 g/mol. The summed E-state index contributed by atoms with van der Waals surface area (Å²) in [4.78, 5) is 11.6. The zero-order chi connectivity index (χ0) is 12.1. The second-order valence-electron chi connectivity index (χ2n) is 4.01. The fourth-order valence-corrected chi connectivity index (χ4v) is 2.35. The summed E-state index contributed by atoms with van der Waals surface area (Å²) >= 11 is 0. The van der Waals surface area contributed by atoms with E-state index in [0.29, 0.717) is 6.42 Å². The van der Waals surface area contributed by atoms with Gasteiger partial charge < -0.3 is 0 Å². The number of carbonyl (C=O) groups is 1. The molecule has 1 N–H and O–H groups in total. The standard InChI is InChI=1S/C12H17NO2S/c1-9-4-6-12(7-5-9)16(15)13-10(2)8-11(3)14/h4-7,10,13H,8H2,1-3H3/t10-,16?/m0/s1. The summed E-state index contributed by atoms with van der Waals surface area (Å²) in [7, 11) is -1.24. The van der Waals surface area contributed by atoms with E-state index >= 15 is 0 Å². The van der Waals surface area contributed by atoms with Crippen LogP contribution in [-0.4, -0.2) is 16.0 Å². The number of benzene rings is 1. The Morgan fingerprint density at radius 1 is 1.38 bits per heavy atom. The van der Waals surface area contributed by atoms with E-state index in [9.17, 15) is 9.00 Å². The molecule has 0 spiro atoms. The first-order valence-electron chi connectivity index (χ1n) is 5.23. The highest BCUT2D eigenvalue weighted by Gasteiger charge is 2.09. The van der Waals surface area contributed by atoms with Crippen molar-refractivity contribution in [3.63, 3.8) is 0 Å². The third-order valence-electron chi connectivity index (χ3n) is 2.14. The van der Waals surface area contributed by atoms with Gasteiger partial charge in [0.25, 0.3) is 0 Å². The average molecular weight is 239 g/mol. The second-order valence-corrected chi connectivity index (χ2v) is 5.25. The maximum atomic E-state index is 11.8. The van der Waals surface area contributed by atoms with Gasteiger partial charge in [0, 0.05) is 12.5 Å². The first-order valence-corrected chi connectivity index (χ1v) is 6.38. The Hall–Kier alpha value is -1.00. The molecule has 0 saturated heterocycles. The number of Topliss-reactive ketones (excluding diaryl/α,β-unsaturated/α-hetero) is 1. The zero-order valence-corrected chi connectivity index (χ0v) is 10.6. The Bertz CT molecular complexity index is 387. The molecule has 1 aromatic carbocycles. The van der Waals surface area contributed by atoms with Crippen LogP contribution in [0, 0.1) is 6.92 Å². The van der Waals surface area contributed by atoms with Crippen LogP contribution in [0.1, 0.15) is 25.8 Å². The molecule has 0 saturated carbocycles. The number of hydrogen-bond acceptors (Lipinski definition) is 2. The fraction of sp³-hybridized carbons (Fsp3) is 0.417. The maximum Gasteiger partial charge on any atom is 0.131 e. The minimum atomic E-state index is -1.24. The van der Waals surface area contributed by atoms with Crippen LogP contribution >= 0.6 is 0 Å². The molecule has 2 atom stereocenters. The largest absolute Gasteiger partial charge is 0.300 e. The highest BCUT2D eigenvalue weighted by molar-refractivity contribution is 7.83. The molecule has 3 nitrogen and oxygen atoms in total. The van der Waals surface area contributed by atoms with Crippen LogP contribution in [0.3, 0.4) is 0 Å². The van der Waals surface area contributed by atoms with Gasteiger partial charge in [-0.1, -0.05) is 17.7 Å². The molecule has 88 valence electrons. The molecule has 1 aromatic rings. The normalized spacial score (nSPS) is 14.4. The second kappa shape index (κ2) is 5.92. The fourth-order valence-electron chi connectivity index (χ4n) is 1.39. The molecule has 16 heavy (non-hydrogen) atoms. The molecule has 0 aliphatic rings. The van der Waals surface area contributed by atoms with E-state index in [2.05, 4.69) is 4.72 Å². The molecule has 0 aromatic heterocycles. The zero-order valence-electron chi connectivity index (χ0n) is 9.82. The van der Waals surface area contributed by atoms with Crippen LogP contribution in [0.25, 0.3) is 0 Å². The van der Waals surface area contributed by atoms with Gasteiger partial charge in [-0.2, -0.15) is 0 Å². The number of nitrogens with one attached hydrogen (secondary N) is 1. The maximum absolute atomic E-state index is 11.8. The van der Waals surface area contributed by atoms with E-state index in [0.717, 1.165) is 10.5 Å². The molecule has 0 fully saturated rings. The summed E-state index contributed by atoms with van der Waals surface area (Å²) in [5, 5.41) is 0. The van der Waals surface area contributed by atoms with Crippen molar-refractivity contribution in [2.45, 2.75) is 38.1 Å². The van der Waals surface area contributed by atoms with Gasteiger partial charge in [0.2, 0.25) is 0 Å². The Kier molecular flexibility index (Phi) is 4.83. The molecule has 0 radical (unpaired) electrons. The van der Waals surface area contributed by atoms with E-state index < -0.39 is 11.0 Å². The molecule has 0 amide bonds. The van der Waals surface area contributed by atoms with Crippen molar-refractivity contribution in [1.29, 1.82) is 0 Å². The summed E-state index contributed by atoms with van der Waals surface area (Å²) < 4.78 is 14.7. The first kappa shape index (κ1) is 13.1. The summed E-state index contributed by atoms with van der Waals surface area (Å²) in [6.45, 7) is 5.37. The highest BCUT2D eigenvalue weighted by Crippen LogP contribution is 2.07. The van der Waals surface area contributed by atoms with E-state index in [4.69, 9.17) is 0 Å². The predicted molar refractivity (Wildman–Crippen MR) is 65.5 cm³/mol. The van der Waals surface area contributed by atoms with Crippen LogP contribution in [0.2, 0.25) is 0 Å². The van der Waals surface area contributed by atoms with Gasteiger partial charge in [-0.3, -0.25) is 4.79 Å². The SMILES string of the molecule is CC(=O)C[C@H](C)NS(=O)c1ccc(C)cc1. The van der Waals surface area contributed by atoms with Gasteiger partial charge in [0.15, 0.2) is 0 Å². The lowest BCUT2D eigenvalue weighted by Crippen LogP contribution is -2.29. The number of rotatable bonds is 5. The van der Waals surface area contributed by atoms with Crippen molar-refractivity contribution >= 4 is 16.8 Å². The van der Waals surface area contributed by atoms with E-state index in [1.165, 1.54) is 6.92 Å². The Labute approximate surface area is 98.8 Å². The van der Waals surface area contributed by atoms with Crippen LogP contribution in [0.5, 0.6) is 0 Å². The van der Waals surface area contributed by atoms with Gasteiger partial charge in [-0.15, -0.1) is 0 Å². The minimum Gasteiger partial charge on any atom is -0.300 e. The molecule has 4 heteroatoms. The third-order valence-corrected chi connectivity index (χ3v) is 3.45. The lowest BCUT2D eigenvalue weighted by Gasteiger charge is -2.11. The Morgan fingerprint density at radius 2 is 1.94 bits per heavy atom. The number of ketones is 1. The van der Waals surface area contributed by atoms with Crippen molar-refractivity contribution in [3.8, 4) is 0 Å². The van der Waals surface area contributed by atoms with Crippen molar-refractivity contribution in [2.75, 3.05) is 0 Å². The average Bonchev–Trinajstić information content (AvgIpc) is 2.16. The molecule has 1 unspecified atom stereocenters. The van der Waals surface area contributed by atoms with Gasteiger partial charge in [-0.25, -0.2) is 8.93 Å². The topological polar surface area (TPSA) is 46.2 Å². The predicted octanol–water partition coefficient (Wildman–Crippen LogP) is 1.97. The van der Waals surface area contributed by atoms with Crippen LogP contribution in [-0.2, 0) is 15.8 Å². The van der Waals surface area contributed by atoms with Crippen molar-refractivity contribution < 1.29 is 9.00 Å². The van der Waals surface area contributed by atoms with Crippen molar-refractivity contribution in [2.24, 2.45) is 0 Å². The molecule has 0 aliphatic heterocycles. The van der Waals surface area contributed by atoms with Crippen LogP contribution in [0.15, 0.2) is 29.2 Å². The van der Waals surface area contributed by atoms with E-state index in [-0.39, 0.29) is 11.8 Å². The monoisotopic (exact) mass is 239 g/mol. The smallest absolute Gasteiger partial charge is 0.131 e. The third kappa shape index (κ3) is 4.24. The molecule has 0 heterocycles. The van der Waals surface area contributed by atoms with Gasteiger partial charge in [-0.05, 0) is 32.9 Å². The van der Waals surface area contributed by atoms with Crippen LogP contribution in [0.4, 0.5) is 0 Å². The lowest BCUT2D eigenvalue weighted by atomic mass is 10.2. The van der Waals surface area contributed by atoms with Crippen LogP contribution < -0.4 is 4.72 Å². The quantitative estimate of drug-likeness (QED) is 0.854. The van der Waals surface area contributed by atoms with Gasteiger partial charge in [0.1, 0.15) is 16.8 Å². The first-order chi connectivity index (χ1) is 7.49. The van der Waals surface area contributed by atoms with E-state index in [1.807, 2.05) is 38.1 Å². The Balaban J connectivity index is 2.58. The lowest BCUT2D eigenvalue weighted by molar-refractivity contribution is -0.117. The summed E-state index contributed by atoms with van der Waals surface area (Å²) in [5.41, 5.74) is 1.14. The Morgan fingerprint density at radius 3 is 2.44 bits per heavy atom. The number of hydrogen-bond donors (Lipinski definition) is 1. The molecule has 0 aliphatic carbocycles. The molecular formula is C12H17NO2S. The number of aryl methyl sites for hydroxylation is 1. The summed E-state index contributed by atoms with van der Waals surface area (Å²) in [6, 6.07) is 7.44. The van der Waals surface area contributed by atoms with Gasteiger partial charge >= 0.3 is 0 Å². The van der Waals surface area contributed by atoms with E-state index in [1.54, 1.807) is 0 Å².